The van der Waals surface area contributed by atoms with Gasteiger partial charge in [0, 0.05) is 17.7 Å². The van der Waals surface area contributed by atoms with Crippen LogP contribution in [0.2, 0.25) is 0 Å². The molecule has 2 aromatic carbocycles. The van der Waals surface area contributed by atoms with Crippen molar-refractivity contribution in [3.8, 4) is 22.6 Å². The Hall–Kier alpha value is -2.76. The van der Waals surface area contributed by atoms with Gasteiger partial charge < -0.3 is 19.8 Å². The number of ether oxygens (including phenoxy) is 1. The first-order valence-electron chi connectivity index (χ1n) is 8.98. The Kier molecular flexibility index (Phi) is 5.00. The molecule has 1 atom stereocenters. The van der Waals surface area contributed by atoms with Gasteiger partial charge in [0.1, 0.15) is 5.75 Å². The van der Waals surface area contributed by atoms with Gasteiger partial charge in [-0.15, -0.1) is 0 Å². The van der Waals surface area contributed by atoms with E-state index in [1.165, 1.54) is 11.0 Å². The number of benzene rings is 2. The Morgan fingerprint density at radius 3 is 2.63 bits per heavy atom. The normalized spacial score (nSPS) is 16.4. The van der Waals surface area contributed by atoms with Gasteiger partial charge in [-0.05, 0) is 54.2 Å². The van der Waals surface area contributed by atoms with Crippen LogP contribution in [0, 0.1) is 5.82 Å². The number of fused-ring (bicyclic) bond motifs is 1. The van der Waals surface area contributed by atoms with Gasteiger partial charge >= 0.3 is 6.09 Å². The summed E-state index contributed by atoms with van der Waals surface area (Å²) in [5.41, 5.74) is 3.75. The molecule has 1 aliphatic rings. The summed E-state index contributed by atoms with van der Waals surface area (Å²) >= 11 is 0. The van der Waals surface area contributed by atoms with Gasteiger partial charge in [-0.1, -0.05) is 19.9 Å². The van der Waals surface area contributed by atoms with Gasteiger partial charge in [0.25, 0.3) is 0 Å². The molecule has 27 heavy (non-hydrogen) atoms. The quantitative estimate of drug-likeness (QED) is 0.801. The maximum absolute atomic E-state index is 14.4. The average molecular weight is 373 g/mol. The maximum atomic E-state index is 14.4. The fourth-order valence-corrected chi connectivity index (χ4v) is 3.85. The Bertz CT molecular complexity index is 894. The fraction of sp³-hybridized carbons (Fsp3) is 0.381. The van der Waals surface area contributed by atoms with Crippen LogP contribution in [0.5, 0.6) is 11.5 Å². The van der Waals surface area contributed by atoms with Gasteiger partial charge in [-0.25, -0.2) is 9.18 Å². The van der Waals surface area contributed by atoms with E-state index in [0.717, 1.165) is 16.7 Å². The number of hydrogen-bond donors (Lipinski definition) is 2. The molecule has 0 radical (unpaired) electrons. The predicted octanol–water partition coefficient (Wildman–Crippen LogP) is 4.93. The minimum Gasteiger partial charge on any atom is -0.505 e. The topological polar surface area (TPSA) is 70.0 Å². The highest BCUT2D eigenvalue weighted by molar-refractivity contribution is 5.78. The second-order valence-corrected chi connectivity index (χ2v) is 7.16. The smallest absolute Gasteiger partial charge is 0.407 e. The molecule has 0 saturated heterocycles. The monoisotopic (exact) mass is 373 g/mol. The highest BCUT2D eigenvalue weighted by Gasteiger charge is 2.30. The Morgan fingerprint density at radius 1 is 1.33 bits per heavy atom. The van der Waals surface area contributed by atoms with E-state index in [4.69, 9.17) is 4.74 Å². The van der Waals surface area contributed by atoms with Crippen molar-refractivity contribution in [2.75, 3.05) is 13.7 Å². The third-order valence-corrected chi connectivity index (χ3v) is 5.30. The number of carbonyl (C=O) groups is 1. The van der Waals surface area contributed by atoms with Crippen molar-refractivity contribution in [3.05, 3.63) is 46.8 Å². The summed E-state index contributed by atoms with van der Waals surface area (Å²) in [5, 5.41) is 19.5. The van der Waals surface area contributed by atoms with Crippen molar-refractivity contribution in [1.29, 1.82) is 0 Å². The van der Waals surface area contributed by atoms with E-state index in [1.807, 2.05) is 26.8 Å². The van der Waals surface area contributed by atoms with Crippen LogP contribution in [-0.4, -0.2) is 34.9 Å². The summed E-state index contributed by atoms with van der Waals surface area (Å²) in [6.45, 7) is 5.99. The summed E-state index contributed by atoms with van der Waals surface area (Å²) < 4.78 is 20.0. The number of carboxylic acid groups (broad SMARTS) is 1. The highest BCUT2D eigenvalue weighted by atomic mass is 19.1. The zero-order chi connectivity index (χ0) is 19.9. The summed E-state index contributed by atoms with van der Waals surface area (Å²) in [6.07, 6.45) is -0.443. The molecule has 0 aliphatic carbocycles. The van der Waals surface area contributed by atoms with Crippen LogP contribution in [0.4, 0.5) is 9.18 Å². The number of hydrogen-bond acceptors (Lipinski definition) is 3. The maximum Gasteiger partial charge on any atom is 0.407 e. The van der Waals surface area contributed by atoms with Crippen LogP contribution in [0.3, 0.4) is 0 Å². The molecule has 1 heterocycles. The molecule has 3 rings (SSSR count). The minimum absolute atomic E-state index is 0.0496. The third kappa shape index (κ3) is 3.20. The SMILES string of the molecule is COc1ccc2c(c1-c1cc(F)c(O)c(C(C)C)c1)CCN(C(=O)O)[C@@H]2C. The van der Waals surface area contributed by atoms with Gasteiger partial charge in [-0.2, -0.15) is 0 Å². The molecule has 0 aromatic heterocycles. The number of halogens is 1. The standard InChI is InChI=1S/C21H24FNO4/c1-11(2)16-9-13(10-17(22)20(16)24)19-15-7-8-23(21(25)26)12(3)14(15)5-6-18(19)27-4/h5-6,9-12,24H,7-8H2,1-4H3,(H,25,26)/t12-/m1/s1. The van der Waals surface area contributed by atoms with Crippen molar-refractivity contribution in [3.63, 3.8) is 0 Å². The van der Waals surface area contributed by atoms with E-state index in [2.05, 4.69) is 0 Å². The summed E-state index contributed by atoms with van der Waals surface area (Å²) in [5.74, 6) is -0.453. The molecular formula is C21H24FNO4. The summed E-state index contributed by atoms with van der Waals surface area (Å²) in [6, 6.07) is 6.46. The Labute approximate surface area is 158 Å². The number of nitrogens with zero attached hydrogens (tertiary/aromatic N) is 1. The van der Waals surface area contributed by atoms with Crippen LogP contribution >= 0.6 is 0 Å². The van der Waals surface area contributed by atoms with Gasteiger partial charge in [0.15, 0.2) is 11.6 Å². The molecule has 6 heteroatoms. The molecule has 0 unspecified atom stereocenters. The predicted molar refractivity (Wildman–Crippen MR) is 101 cm³/mol. The molecule has 0 saturated carbocycles. The van der Waals surface area contributed by atoms with E-state index in [1.54, 1.807) is 19.2 Å². The summed E-state index contributed by atoms with van der Waals surface area (Å²) in [4.78, 5) is 12.9. The number of phenolic OH excluding ortho intramolecular Hbond substituents is 1. The first-order chi connectivity index (χ1) is 12.8. The number of phenols is 1. The molecule has 144 valence electrons. The van der Waals surface area contributed by atoms with Gasteiger partial charge in [0.2, 0.25) is 0 Å². The second-order valence-electron chi connectivity index (χ2n) is 7.16. The molecular weight excluding hydrogens is 349 g/mol. The zero-order valence-electron chi connectivity index (χ0n) is 15.9. The molecule has 0 fully saturated rings. The average Bonchev–Trinajstić information content (AvgIpc) is 2.62. The van der Waals surface area contributed by atoms with Crippen LogP contribution < -0.4 is 4.74 Å². The van der Waals surface area contributed by atoms with Crippen LogP contribution in [0.15, 0.2) is 24.3 Å². The van der Waals surface area contributed by atoms with Gasteiger partial charge in [0.05, 0.1) is 13.2 Å². The highest BCUT2D eigenvalue weighted by Crippen LogP contribution is 2.43. The van der Waals surface area contributed by atoms with Crippen molar-refractivity contribution in [2.24, 2.45) is 0 Å². The van der Waals surface area contributed by atoms with E-state index in [-0.39, 0.29) is 17.7 Å². The van der Waals surface area contributed by atoms with E-state index >= 15 is 0 Å². The van der Waals surface area contributed by atoms with Crippen LogP contribution in [-0.2, 0) is 6.42 Å². The number of aromatic hydroxyl groups is 1. The number of amides is 1. The largest absolute Gasteiger partial charge is 0.505 e. The lowest BCUT2D eigenvalue weighted by molar-refractivity contribution is 0.124. The Morgan fingerprint density at radius 2 is 2.04 bits per heavy atom. The van der Waals surface area contributed by atoms with Crippen LogP contribution in [0.1, 0.15) is 49.4 Å². The third-order valence-electron chi connectivity index (χ3n) is 5.30. The first kappa shape index (κ1) is 19.0. The second kappa shape index (κ2) is 7.10. The van der Waals surface area contributed by atoms with Crippen LogP contribution in [0.25, 0.3) is 11.1 Å². The molecule has 0 bridgehead atoms. The van der Waals surface area contributed by atoms with E-state index < -0.39 is 11.9 Å². The van der Waals surface area contributed by atoms with E-state index in [9.17, 15) is 19.4 Å². The minimum atomic E-state index is -0.955. The van der Waals surface area contributed by atoms with E-state index in [0.29, 0.717) is 29.8 Å². The lowest BCUT2D eigenvalue weighted by atomic mass is 9.85. The van der Waals surface area contributed by atoms with Crippen molar-refractivity contribution in [1.82, 2.24) is 4.90 Å². The van der Waals surface area contributed by atoms with Crippen molar-refractivity contribution in [2.45, 2.75) is 39.2 Å². The fourth-order valence-electron chi connectivity index (χ4n) is 3.85. The molecule has 0 spiro atoms. The summed E-state index contributed by atoms with van der Waals surface area (Å²) in [7, 11) is 1.56. The lowest BCUT2D eigenvalue weighted by Crippen LogP contribution is -2.38. The van der Waals surface area contributed by atoms with Gasteiger partial charge in [-0.3, -0.25) is 0 Å². The first-order valence-corrected chi connectivity index (χ1v) is 8.98. The molecule has 1 amide bonds. The Balaban J connectivity index is 2.24. The molecule has 1 aliphatic heterocycles. The molecule has 5 nitrogen and oxygen atoms in total. The molecule has 2 N–H and O–H groups in total. The number of methoxy groups -OCH3 is 1. The van der Waals surface area contributed by atoms with Crippen molar-refractivity contribution >= 4 is 6.09 Å². The number of rotatable bonds is 3. The zero-order valence-corrected chi connectivity index (χ0v) is 15.9. The lowest BCUT2D eigenvalue weighted by Gasteiger charge is -2.34. The molecule has 2 aromatic rings. The van der Waals surface area contributed by atoms with Crippen molar-refractivity contribution < 1.29 is 24.1 Å².